The maximum atomic E-state index is 12.4. The third kappa shape index (κ3) is 4.73. The lowest BCUT2D eigenvalue weighted by molar-refractivity contribution is -0.115. The van der Waals surface area contributed by atoms with Crippen molar-refractivity contribution in [3.05, 3.63) is 52.2 Å². The van der Waals surface area contributed by atoms with Crippen LogP contribution in [0.25, 0.3) is 17.4 Å². The van der Waals surface area contributed by atoms with Gasteiger partial charge >= 0.3 is 0 Å². The van der Waals surface area contributed by atoms with Crippen molar-refractivity contribution in [3.8, 4) is 11.3 Å². The Labute approximate surface area is 210 Å². The largest absolute Gasteiger partial charge is 0.457 e. The van der Waals surface area contributed by atoms with E-state index in [0.717, 1.165) is 17.8 Å². The van der Waals surface area contributed by atoms with Gasteiger partial charge in [-0.3, -0.25) is 10.1 Å². The van der Waals surface area contributed by atoms with Crippen LogP contribution in [0.5, 0.6) is 0 Å². The van der Waals surface area contributed by atoms with Crippen LogP contribution < -0.4 is 10.6 Å². The van der Waals surface area contributed by atoms with E-state index in [1.807, 2.05) is 12.1 Å². The Morgan fingerprint density at radius 3 is 2.45 bits per heavy atom. The van der Waals surface area contributed by atoms with Gasteiger partial charge in [-0.15, -0.1) is 0 Å². The molecule has 0 spiro atoms. The molecule has 7 heteroatoms. The monoisotopic (exact) mass is 502 g/mol. The van der Waals surface area contributed by atoms with Crippen LogP contribution in [0.1, 0.15) is 51.2 Å². The number of hydrogen-bond donors (Lipinski definition) is 2. The molecule has 1 aromatic carbocycles. The van der Waals surface area contributed by atoms with E-state index < -0.39 is 0 Å². The number of benzene rings is 1. The molecule has 0 saturated heterocycles. The van der Waals surface area contributed by atoms with Crippen molar-refractivity contribution in [2.45, 2.75) is 51.5 Å². The van der Waals surface area contributed by atoms with Crippen LogP contribution in [0.3, 0.4) is 0 Å². The summed E-state index contributed by atoms with van der Waals surface area (Å²) in [5.41, 5.74) is 1.03. The molecule has 33 heavy (non-hydrogen) atoms. The fourth-order valence-corrected chi connectivity index (χ4v) is 7.36. The minimum absolute atomic E-state index is 0.262. The van der Waals surface area contributed by atoms with Gasteiger partial charge in [-0.05, 0) is 111 Å². The molecule has 0 aliphatic heterocycles. The highest BCUT2D eigenvalue weighted by Gasteiger charge is 2.53. The predicted octanol–water partition coefficient (Wildman–Crippen LogP) is 6.86. The summed E-state index contributed by atoms with van der Waals surface area (Å²) in [5.74, 6) is 3.48. The summed E-state index contributed by atoms with van der Waals surface area (Å²) in [7, 11) is 0. The minimum Gasteiger partial charge on any atom is -0.457 e. The van der Waals surface area contributed by atoms with Crippen molar-refractivity contribution >= 4 is 52.5 Å². The lowest BCUT2D eigenvalue weighted by atomic mass is 9.48. The lowest BCUT2D eigenvalue weighted by Crippen LogP contribution is -2.57. The average Bonchev–Trinajstić information content (AvgIpc) is 3.22. The number of nitrogens with one attached hydrogen (secondary N) is 2. The van der Waals surface area contributed by atoms with E-state index >= 15 is 0 Å². The zero-order chi connectivity index (χ0) is 23.2. The van der Waals surface area contributed by atoms with Gasteiger partial charge in [0.2, 0.25) is 5.91 Å². The Bertz CT molecular complexity index is 1070. The summed E-state index contributed by atoms with van der Waals surface area (Å²) in [6, 6.07) is 9.21. The highest BCUT2D eigenvalue weighted by atomic mass is 35.5. The molecule has 2 N–H and O–H groups in total. The molecule has 1 heterocycles. The normalized spacial score (nSPS) is 28.8. The van der Waals surface area contributed by atoms with Gasteiger partial charge in [-0.2, -0.15) is 0 Å². The fourth-order valence-electron chi connectivity index (χ4n) is 6.69. The SMILES string of the molecule is CC(NC(=S)NC(=O)C=Cc1ccc(-c2cccc(Cl)c2Cl)o1)C12CC3CC(CC(C3)C1)C2. The average molecular weight is 503 g/mol. The van der Waals surface area contributed by atoms with E-state index in [0.29, 0.717) is 37.7 Å². The van der Waals surface area contributed by atoms with Crippen LogP contribution in [0, 0.1) is 23.2 Å². The van der Waals surface area contributed by atoms with Gasteiger partial charge in [0.25, 0.3) is 0 Å². The summed E-state index contributed by atoms with van der Waals surface area (Å²) >= 11 is 17.8. The third-order valence-corrected chi connectivity index (χ3v) is 8.87. The van der Waals surface area contributed by atoms with Gasteiger partial charge in [0.15, 0.2) is 5.11 Å². The highest BCUT2D eigenvalue weighted by Crippen LogP contribution is 2.61. The van der Waals surface area contributed by atoms with E-state index in [-0.39, 0.29) is 11.9 Å². The summed E-state index contributed by atoms with van der Waals surface area (Å²) in [6.45, 7) is 2.23. The Morgan fingerprint density at radius 2 is 1.79 bits per heavy atom. The standard InChI is InChI=1S/C26H28Cl2N2O2S/c1-15(26-12-16-9-17(13-26)11-18(10-16)14-26)29-25(33)30-23(31)8-6-19-5-7-22(32-19)20-3-2-4-21(27)24(20)28/h2-8,15-18H,9-14H2,1H3,(H2,29,30,31,33). The number of hydrogen-bond acceptors (Lipinski definition) is 3. The Hall–Kier alpha value is -1.82. The molecule has 6 rings (SSSR count). The molecule has 4 saturated carbocycles. The van der Waals surface area contributed by atoms with Crippen molar-refractivity contribution in [2.24, 2.45) is 23.2 Å². The van der Waals surface area contributed by atoms with Crippen LogP contribution in [-0.4, -0.2) is 17.1 Å². The van der Waals surface area contributed by atoms with Crippen LogP contribution in [0.15, 0.2) is 40.8 Å². The van der Waals surface area contributed by atoms with Crippen LogP contribution >= 0.6 is 35.4 Å². The van der Waals surface area contributed by atoms with Crippen LogP contribution in [-0.2, 0) is 4.79 Å². The van der Waals surface area contributed by atoms with Crippen molar-refractivity contribution in [1.82, 2.24) is 10.6 Å². The van der Waals surface area contributed by atoms with Crippen LogP contribution in [0.4, 0.5) is 0 Å². The number of thiocarbonyl (C=S) groups is 1. The zero-order valence-electron chi connectivity index (χ0n) is 18.6. The van der Waals surface area contributed by atoms with Gasteiger partial charge in [-0.1, -0.05) is 29.3 Å². The third-order valence-electron chi connectivity index (χ3n) is 7.83. The second-order valence-electron chi connectivity index (χ2n) is 10.1. The van der Waals surface area contributed by atoms with Crippen molar-refractivity contribution < 1.29 is 9.21 Å². The maximum Gasteiger partial charge on any atom is 0.250 e. The van der Waals surface area contributed by atoms with Gasteiger partial charge in [0.1, 0.15) is 11.5 Å². The number of carbonyl (C=O) groups is 1. The summed E-state index contributed by atoms with van der Waals surface area (Å²) in [6.07, 6.45) is 11.2. The Kier molecular flexibility index (Phi) is 6.32. The molecule has 4 aliphatic carbocycles. The van der Waals surface area contributed by atoms with Gasteiger partial charge in [-0.25, -0.2) is 0 Å². The Morgan fingerprint density at radius 1 is 1.12 bits per heavy atom. The van der Waals surface area contributed by atoms with Crippen molar-refractivity contribution in [2.75, 3.05) is 0 Å². The quantitative estimate of drug-likeness (QED) is 0.346. The smallest absolute Gasteiger partial charge is 0.250 e. The van der Waals surface area contributed by atoms with Crippen LogP contribution in [0.2, 0.25) is 10.0 Å². The Balaban J connectivity index is 1.16. The van der Waals surface area contributed by atoms with Crippen molar-refractivity contribution in [3.63, 3.8) is 0 Å². The zero-order valence-corrected chi connectivity index (χ0v) is 20.9. The first-order valence-electron chi connectivity index (χ1n) is 11.6. The number of furan rings is 1. The molecule has 174 valence electrons. The first-order valence-corrected chi connectivity index (χ1v) is 12.8. The van der Waals surface area contributed by atoms with E-state index in [1.54, 1.807) is 24.3 Å². The molecule has 2 aromatic rings. The van der Waals surface area contributed by atoms with E-state index in [2.05, 4.69) is 17.6 Å². The van der Waals surface area contributed by atoms with Crippen molar-refractivity contribution in [1.29, 1.82) is 0 Å². The number of rotatable bonds is 5. The second kappa shape index (κ2) is 9.09. The number of carbonyl (C=O) groups excluding carboxylic acids is 1. The molecular formula is C26H28Cl2N2O2S. The topological polar surface area (TPSA) is 54.3 Å². The minimum atomic E-state index is -0.288. The van der Waals surface area contributed by atoms with Gasteiger partial charge in [0.05, 0.1) is 10.0 Å². The molecule has 4 aliphatic rings. The summed E-state index contributed by atoms with van der Waals surface area (Å²) in [4.78, 5) is 12.4. The molecule has 1 atom stereocenters. The molecule has 1 aromatic heterocycles. The summed E-state index contributed by atoms with van der Waals surface area (Å²) < 4.78 is 5.80. The number of halogens is 2. The van der Waals surface area contributed by atoms with E-state index in [1.165, 1.54) is 44.6 Å². The lowest BCUT2D eigenvalue weighted by Gasteiger charge is -2.59. The molecular weight excluding hydrogens is 475 g/mol. The highest BCUT2D eigenvalue weighted by molar-refractivity contribution is 7.80. The molecule has 1 unspecified atom stereocenters. The molecule has 4 fully saturated rings. The molecule has 0 radical (unpaired) electrons. The van der Waals surface area contributed by atoms with Gasteiger partial charge in [0, 0.05) is 17.7 Å². The first kappa shape index (κ1) is 22.9. The van der Waals surface area contributed by atoms with E-state index in [9.17, 15) is 4.79 Å². The summed E-state index contributed by atoms with van der Waals surface area (Å²) in [5, 5.41) is 7.49. The second-order valence-corrected chi connectivity index (χ2v) is 11.3. The van der Waals surface area contributed by atoms with Gasteiger partial charge < -0.3 is 9.73 Å². The first-order chi connectivity index (χ1) is 15.8. The molecule has 4 nitrogen and oxygen atoms in total. The number of amides is 1. The predicted molar refractivity (Wildman–Crippen MR) is 137 cm³/mol. The molecule has 4 bridgehead atoms. The molecule has 1 amide bonds. The maximum absolute atomic E-state index is 12.4. The fraction of sp³-hybridized carbons (Fsp3) is 0.462. The van der Waals surface area contributed by atoms with E-state index in [4.69, 9.17) is 39.8 Å².